The lowest BCUT2D eigenvalue weighted by atomic mass is 9.67. The highest BCUT2D eigenvalue weighted by Crippen LogP contribution is 2.38. The van der Waals surface area contributed by atoms with E-state index >= 15 is 0 Å². The molecule has 4 heteroatoms. The molecule has 4 nitrogen and oxygen atoms in total. The molecule has 1 aliphatic carbocycles. The van der Waals surface area contributed by atoms with Gasteiger partial charge in [-0.15, -0.1) is 0 Å². The van der Waals surface area contributed by atoms with Gasteiger partial charge in [0.1, 0.15) is 11.9 Å². The van der Waals surface area contributed by atoms with E-state index in [1.165, 1.54) is 19.9 Å². The van der Waals surface area contributed by atoms with E-state index in [4.69, 9.17) is 5.11 Å². The summed E-state index contributed by atoms with van der Waals surface area (Å²) < 4.78 is 0. The van der Waals surface area contributed by atoms with Crippen LogP contribution in [0.1, 0.15) is 20.3 Å². The SMILES string of the molecule is CC(=O)[C@](C)(O)[C@]1(C=O)C=CC(CO)=CC1. The van der Waals surface area contributed by atoms with Crippen LogP contribution in [-0.4, -0.2) is 34.5 Å². The number of carbonyl (C=O) groups is 2. The van der Waals surface area contributed by atoms with Gasteiger partial charge in [0, 0.05) is 0 Å². The molecular weight excluding hydrogens is 208 g/mol. The summed E-state index contributed by atoms with van der Waals surface area (Å²) in [5.41, 5.74) is -2.27. The van der Waals surface area contributed by atoms with E-state index in [9.17, 15) is 14.7 Å². The summed E-state index contributed by atoms with van der Waals surface area (Å²) >= 11 is 0. The Bertz CT molecular complexity index is 365. The third-order valence-electron chi connectivity index (χ3n) is 3.28. The van der Waals surface area contributed by atoms with E-state index in [1.54, 1.807) is 12.2 Å². The van der Waals surface area contributed by atoms with Crippen molar-refractivity contribution in [3.63, 3.8) is 0 Å². The number of aldehydes is 1. The van der Waals surface area contributed by atoms with Crippen molar-refractivity contribution in [1.29, 1.82) is 0 Å². The summed E-state index contributed by atoms with van der Waals surface area (Å²) in [7, 11) is 0. The number of ketones is 1. The van der Waals surface area contributed by atoms with E-state index in [0.29, 0.717) is 11.9 Å². The molecular formula is C12H16O4. The first-order chi connectivity index (χ1) is 7.39. The zero-order valence-corrected chi connectivity index (χ0v) is 9.43. The second-order valence-corrected chi connectivity index (χ2v) is 4.26. The van der Waals surface area contributed by atoms with Crippen molar-refractivity contribution in [1.82, 2.24) is 0 Å². The van der Waals surface area contributed by atoms with Gasteiger partial charge >= 0.3 is 0 Å². The second kappa shape index (κ2) is 4.31. The summed E-state index contributed by atoms with van der Waals surface area (Å²) in [6.07, 6.45) is 5.53. The van der Waals surface area contributed by atoms with Gasteiger partial charge in [-0.25, -0.2) is 0 Å². The minimum Gasteiger partial charge on any atom is -0.392 e. The minimum atomic E-state index is -1.72. The molecule has 0 aromatic carbocycles. The first-order valence-corrected chi connectivity index (χ1v) is 5.08. The second-order valence-electron chi connectivity index (χ2n) is 4.26. The monoisotopic (exact) mass is 224 g/mol. The maximum absolute atomic E-state index is 11.4. The predicted molar refractivity (Wildman–Crippen MR) is 58.7 cm³/mol. The average Bonchev–Trinajstić information content (AvgIpc) is 2.28. The Morgan fingerprint density at radius 1 is 1.69 bits per heavy atom. The molecule has 1 rings (SSSR count). The van der Waals surface area contributed by atoms with Crippen molar-refractivity contribution in [3.8, 4) is 0 Å². The van der Waals surface area contributed by atoms with Crippen molar-refractivity contribution in [2.75, 3.05) is 6.61 Å². The minimum absolute atomic E-state index is 0.117. The van der Waals surface area contributed by atoms with Crippen molar-refractivity contribution in [2.24, 2.45) is 5.41 Å². The molecule has 0 heterocycles. The van der Waals surface area contributed by atoms with Gasteiger partial charge in [0.15, 0.2) is 5.78 Å². The Morgan fingerprint density at radius 2 is 2.31 bits per heavy atom. The lowest BCUT2D eigenvalue weighted by Crippen LogP contribution is -2.51. The lowest BCUT2D eigenvalue weighted by Gasteiger charge is -2.38. The molecule has 2 N–H and O–H groups in total. The van der Waals surface area contributed by atoms with Crippen molar-refractivity contribution < 1.29 is 19.8 Å². The molecule has 0 aromatic heterocycles. The molecule has 0 aromatic rings. The van der Waals surface area contributed by atoms with Gasteiger partial charge in [-0.1, -0.05) is 18.2 Å². The molecule has 0 spiro atoms. The molecule has 0 amide bonds. The molecule has 0 aliphatic heterocycles. The van der Waals surface area contributed by atoms with Gasteiger partial charge in [-0.05, 0) is 25.8 Å². The molecule has 0 saturated carbocycles. The van der Waals surface area contributed by atoms with E-state index in [-0.39, 0.29) is 13.0 Å². The highest BCUT2D eigenvalue weighted by atomic mass is 16.3. The van der Waals surface area contributed by atoms with E-state index in [2.05, 4.69) is 0 Å². The Labute approximate surface area is 94.3 Å². The standard InChI is InChI=1S/C12H16O4/c1-9(15)11(2,16)12(8-14)5-3-10(7-13)4-6-12/h3-5,8,13,16H,6-7H2,1-2H3/t11-,12+/m0/s1. The molecule has 0 fully saturated rings. The molecule has 2 atom stereocenters. The Morgan fingerprint density at radius 3 is 2.62 bits per heavy atom. The van der Waals surface area contributed by atoms with Gasteiger partial charge in [-0.3, -0.25) is 4.79 Å². The van der Waals surface area contributed by atoms with Crippen LogP contribution in [0.3, 0.4) is 0 Å². The number of hydrogen-bond acceptors (Lipinski definition) is 4. The first kappa shape index (κ1) is 12.8. The molecule has 0 bridgehead atoms. The topological polar surface area (TPSA) is 74.6 Å². The van der Waals surface area contributed by atoms with Gasteiger partial charge in [0.2, 0.25) is 0 Å². The average molecular weight is 224 g/mol. The van der Waals surface area contributed by atoms with E-state index in [0.717, 1.165) is 0 Å². The van der Waals surface area contributed by atoms with Crippen LogP contribution >= 0.6 is 0 Å². The molecule has 0 radical (unpaired) electrons. The van der Waals surface area contributed by atoms with Gasteiger partial charge in [0.25, 0.3) is 0 Å². The third-order valence-corrected chi connectivity index (χ3v) is 3.28. The summed E-state index contributed by atoms with van der Waals surface area (Å²) in [5, 5.41) is 19.0. The van der Waals surface area contributed by atoms with E-state index in [1.807, 2.05) is 0 Å². The number of rotatable bonds is 4. The number of carbonyl (C=O) groups excluding carboxylic acids is 2. The zero-order valence-electron chi connectivity index (χ0n) is 9.43. The van der Waals surface area contributed by atoms with Crippen LogP contribution in [-0.2, 0) is 9.59 Å². The van der Waals surface area contributed by atoms with Crippen molar-refractivity contribution in [2.45, 2.75) is 25.9 Å². The van der Waals surface area contributed by atoms with Crippen LogP contribution in [0.4, 0.5) is 0 Å². The van der Waals surface area contributed by atoms with Crippen LogP contribution in [0.15, 0.2) is 23.8 Å². The van der Waals surface area contributed by atoms with Gasteiger partial charge in [-0.2, -0.15) is 0 Å². The van der Waals surface area contributed by atoms with Crippen LogP contribution in [0, 0.1) is 5.41 Å². The highest BCUT2D eigenvalue weighted by Gasteiger charge is 2.48. The van der Waals surface area contributed by atoms with Crippen molar-refractivity contribution in [3.05, 3.63) is 23.8 Å². The van der Waals surface area contributed by atoms with Crippen LogP contribution in [0.5, 0.6) is 0 Å². The number of aliphatic hydroxyl groups is 2. The largest absolute Gasteiger partial charge is 0.392 e. The Hall–Kier alpha value is -1.26. The Kier molecular flexibility index (Phi) is 3.45. The fourth-order valence-electron chi connectivity index (χ4n) is 1.70. The van der Waals surface area contributed by atoms with Crippen molar-refractivity contribution >= 4 is 12.1 Å². The summed E-state index contributed by atoms with van der Waals surface area (Å²) in [6, 6.07) is 0. The van der Waals surface area contributed by atoms with E-state index < -0.39 is 16.8 Å². The number of allylic oxidation sites excluding steroid dienone is 1. The molecule has 16 heavy (non-hydrogen) atoms. The smallest absolute Gasteiger partial charge is 0.162 e. The van der Waals surface area contributed by atoms with Crippen LogP contribution in [0.25, 0.3) is 0 Å². The summed E-state index contributed by atoms with van der Waals surface area (Å²) in [4.78, 5) is 22.5. The number of aliphatic hydroxyl groups excluding tert-OH is 1. The first-order valence-electron chi connectivity index (χ1n) is 5.08. The predicted octanol–water partition coefficient (Wildman–Crippen LogP) is 0.390. The maximum Gasteiger partial charge on any atom is 0.162 e. The maximum atomic E-state index is 11.4. The molecule has 88 valence electrons. The summed E-state index contributed by atoms with van der Waals surface area (Å²) in [5.74, 6) is -0.454. The number of hydrogen-bond donors (Lipinski definition) is 2. The van der Waals surface area contributed by atoms with Crippen LogP contribution in [0.2, 0.25) is 0 Å². The molecule has 1 aliphatic rings. The zero-order chi connectivity index (χ0) is 12.4. The fraction of sp³-hybridized carbons (Fsp3) is 0.500. The summed E-state index contributed by atoms with van der Waals surface area (Å²) in [6.45, 7) is 2.48. The lowest BCUT2D eigenvalue weighted by molar-refractivity contribution is -0.149. The van der Waals surface area contributed by atoms with Crippen LogP contribution < -0.4 is 0 Å². The number of Topliss-reactive ketones (excluding diaryl/α,β-unsaturated/α-hetero) is 1. The normalized spacial score (nSPS) is 28.1. The third kappa shape index (κ3) is 1.86. The van der Waals surface area contributed by atoms with Gasteiger partial charge in [0.05, 0.1) is 12.0 Å². The molecule has 0 unspecified atom stereocenters. The quantitative estimate of drug-likeness (QED) is 0.677. The Balaban J connectivity index is 3.09. The highest BCUT2D eigenvalue weighted by molar-refractivity contribution is 5.90. The van der Waals surface area contributed by atoms with Gasteiger partial charge < -0.3 is 15.0 Å². The fourth-order valence-corrected chi connectivity index (χ4v) is 1.70. The molecule has 0 saturated heterocycles.